The van der Waals surface area contributed by atoms with Crippen molar-refractivity contribution in [3.8, 4) is 0 Å². The first kappa shape index (κ1) is 25.1. The van der Waals surface area contributed by atoms with E-state index < -0.39 is 15.9 Å². The monoisotopic (exact) mass is 505 g/mol. The fraction of sp³-hybridized carbons (Fsp3) is 0.208. The van der Waals surface area contributed by atoms with E-state index in [0.717, 1.165) is 24.2 Å². The number of anilines is 1. The molecule has 6 nitrogen and oxygen atoms in total. The van der Waals surface area contributed by atoms with Gasteiger partial charge in [0.2, 0.25) is 0 Å². The van der Waals surface area contributed by atoms with Gasteiger partial charge in [0, 0.05) is 21.8 Å². The molecule has 33 heavy (non-hydrogen) atoms. The Balaban J connectivity index is 0.00000306. The number of hydrogen-bond acceptors (Lipinski definition) is 3. The molecule has 0 saturated carbocycles. The molecule has 174 valence electrons. The fourth-order valence-electron chi connectivity index (χ4n) is 3.86. The van der Waals surface area contributed by atoms with Crippen LogP contribution in [0, 0.1) is 0 Å². The van der Waals surface area contributed by atoms with Crippen molar-refractivity contribution in [2.75, 3.05) is 5.32 Å². The number of carbonyl (C=O) groups excluding carboxylic acids is 1. The zero-order valence-electron chi connectivity index (χ0n) is 18.0. The van der Waals surface area contributed by atoms with Gasteiger partial charge in [0.25, 0.3) is 0 Å². The van der Waals surface area contributed by atoms with Crippen molar-refractivity contribution in [1.29, 1.82) is 0 Å². The van der Waals surface area contributed by atoms with Gasteiger partial charge in [-0.25, -0.2) is 13.2 Å². The van der Waals surface area contributed by atoms with Crippen LogP contribution in [-0.2, 0) is 28.7 Å². The molecule has 1 aliphatic heterocycles. The summed E-state index contributed by atoms with van der Waals surface area (Å²) in [6, 6.07) is 18.7. The lowest BCUT2D eigenvalue weighted by Gasteiger charge is -2.16. The summed E-state index contributed by atoms with van der Waals surface area (Å²) in [5.41, 5.74) is 4.57. The van der Waals surface area contributed by atoms with Crippen molar-refractivity contribution in [2.24, 2.45) is 0 Å². The number of urea groups is 1. The average Bonchev–Trinajstić information content (AvgIpc) is 3.22. The maximum atomic E-state index is 12.8. The summed E-state index contributed by atoms with van der Waals surface area (Å²) in [5.74, 6) is -0.0527. The van der Waals surface area contributed by atoms with Gasteiger partial charge >= 0.3 is 6.03 Å². The fourth-order valence-corrected chi connectivity index (χ4v) is 5.49. The molecule has 1 atom stereocenters. The van der Waals surface area contributed by atoms with Crippen LogP contribution in [0.2, 0.25) is 5.02 Å². The third-order valence-corrected chi connectivity index (χ3v) is 7.59. The van der Waals surface area contributed by atoms with Gasteiger partial charge in [-0.3, -0.25) is 0 Å². The van der Waals surface area contributed by atoms with Crippen molar-refractivity contribution >= 4 is 33.2 Å². The van der Waals surface area contributed by atoms with E-state index in [4.69, 9.17) is 11.6 Å². The third-order valence-electron chi connectivity index (χ3n) is 5.55. The van der Waals surface area contributed by atoms with Crippen molar-refractivity contribution in [3.63, 3.8) is 0 Å². The molecule has 4 rings (SSSR count). The predicted molar refractivity (Wildman–Crippen MR) is 125 cm³/mol. The number of fused-ring (bicyclic) bond motifs is 1. The zero-order valence-corrected chi connectivity index (χ0v) is 20.3. The highest BCUT2D eigenvalue weighted by Gasteiger charge is 2.19. The maximum absolute atomic E-state index is 12.8. The van der Waals surface area contributed by atoms with Crippen LogP contribution in [0.3, 0.4) is 0 Å². The van der Waals surface area contributed by atoms with Gasteiger partial charge in [0.15, 0.2) is 9.84 Å². The lowest BCUT2D eigenvalue weighted by Crippen LogP contribution is -3.00. The molecule has 4 N–H and O–H groups in total. The van der Waals surface area contributed by atoms with Gasteiger partial charge in [0.1, 0.15) is 13.1 Å². The SMILES string of the molecule is CC(NC(=O)Nc1ccc(S(=O)(=O)Cc2ccc3c(c2)C[NH2+]C3)cc1)c1ccccc1Cl.[Cl-]. The number of sulfone groups is 1. The Morgan fingerprint density at radius 2 is 1.73 bits per heavy atom. The Bertz CT molecular complexity index is 1250. The Kier molecular flexibility index (Phi) is 8.02. The number of quaternary nitrogens is 1. The Labute approximate surface area is 205 Å². The lowest BCUT2D eigenvalue weighted by molar-refractivity contribution is -0.676. The van der Waals surface area contributed by atoms with Gasteiger partial charge in [0.05, 0.1) is 16.7 Å². The summed E-state index contributed by atoms with van der Waals surface area (Å²) in [5, 5.41) is 8.33. The number of nitrogens with two attached hydrogens (primary N) is 1. The molecule has 3 aromatic rings. The van der Waals surface area contributed by atoms with Gasteiger partial charge in [-0.15, -0.1) is 0 Å². The number of halogens is 2. The Morgan fingerprint density at radius 1 is 1.03 bits per heavy atom. The molecule has 1 aliphatic rings. The Morgan fingerprint density at radius 3 is 2.45 bits per heavy atom. The summed E-state index contributed by atoms with van der Waals surface area (Å²) < 4.78 is 25.7. The molecule has 0 saturated heterocycles. The summed E-state index contributed by atoms with van der Waals surface area (Å²) in [7, 11) is -3.49. The lowest BCUT2D eigenvalue weighted by atomic mass is 10.1. The molecular weight excluding hydrogens is 481 g/mol. The quantitative estimate of drug-likeness (QED) is 0.462. The highest BCUT2D eigenvalue weighted by molar-refractivity contribution is 7.90. The highest BCUT2D eigenvalue weighted by Crippen LogP contribution is 2.23. The summed E-state index contributed by atoms with van der Waals surface area (Å²) >= 11 is 6.18. The molecule has 0 aromatic heterocycles. The van der Waals surface area contributed by atoms with E-state index in [2.05, 4.69) is 16.0 Å². The second kappa shape index (κ2) is 10.6. The van der Waals surface area contributed by atoms with Gasteiger partial charge in [-0.1, -0.05) is 41.9 Å². The van der Waals surface area contributed by atoms with Crippen LogP contribution >= 0.6 is 11.6 Å². The minimum atomic E-state index is -3.49. The number of amides is 2. The smallest absolute Gasteiger partial charge is 0.319 e. The number of rotatable bonds is 6. The minimum Gasteiger partial charge on any atom is -1.00 e. The number of nitrogens with one attached hydrogen (secondary N) is 2. The van der Waals surface area contributed by atoms with Crippen LogP contribution in [0.15, 0.2) is 71.6 Å². The van der Waals surface area contributed by atoms with Crippen molar-refractivity contribution < 1.29 is 30.9 Å². The van der Waals surface area contributed by atoms with E-state index in [-0.39, 0.29) is 29.1 Å². The first-order valence-corrected chi connectivity index (χ1v) is 12.4. The van der Waals surface area contributed by atoms with E-state index in [0.29, 0.717) is 10.7 Å². The molecule has 1 unspecified atom stereocenters. The molecule has 0 fully saturated rings. The van der Waals surface area contributed by atoms with Crippen LogP contribution in [0.5, 0.6) is 0 Å². The topological polar surface area (TPSA) is 91.9 Å². The average molecular weight is 506 g/mol. The standard InChI is InChI=1S/C24H24ClN3O3S.ClH/c1-16(22-4-2-3-5-23(22)25)27-24(29)28-20-8-10-21(11-9-20)32(30,31)15-17-6-7-18-13-26-14-19(18)12-17;/h2-12,16,26H,13-15H2,1H3,(H2,27,28,29);1H. The van der Waals surface area contributed by atoms with Crippen LogP contribution in [0.1, 0.15) is 35.2 Å². The van der Waals surface area contributed by atoms with E-state index in [1.54, 1.807) is 18.2 Å². The predicted octanol–water partition coefficient (Wildman–Crippen LogP) is 0.778. The third kappa shape index (κ3) is 6.06. The zero-order chi connectivity index (χ0) is 22.7. The molecule has 0 spiro atoms. The van der Waals surface area contributed by atoms with E-state index in [1.165, 1.54) is 23.3 Å². The molecule has 0 radical (unpaired) electrons. The molecule has 9 heteroatoms. The normalized spacial score (nSPS) is 13.5. The summed E-state index contributed by atoms with van der Waals surface area (Å²) in [6.45, 7) is 3.68. The first-order chi connectivity index (χ1) is 15.3. The first-order valence-electron chi connectivity index (χ1n) is 10.4. The van der Waals surface area contributed by atoms with Crippen LogP contribution in [0.4, 0.5) is 10.5 Å². The largest absolute Gasteiger partial charge is 1.00 e. The van der Waals surface area contributed by atoms with Crippen molar-refractivity contribution in [1.82, 2.24) is 5.32 Å². The molecule has 1 heterocycles. The summed E-state index contributed by atoms with van der Waals surface area (Å²) in [6.07, 6.45) is 0. The van der Waals surface area contributed by atoms with Crippen LogP contribution < -0.4 is 28.4 Å². The van der Waals surface area contributed by atoms with E-state index in [9.17, 15) is 13.2 Å². The Hall–Kier alpha value is -2.58. The van der Waals surface area contributed by atoms with E-state index >= 15 is 0 Å². The number of benzene rings is 3. The molecule has 3 aromatic carbocycles. The molecule has 2 amide bonds. The number of hydrogen-bond donors (Lipinski definition) is 3. The molecule has 0 aliphatic carbocycles. The second-order valence-corrected chi connectivity index (χ2v) is 10.3. The van der Waals surface area contributed by atoms with Gasteiger partial charge in [-0.2, -0.15) is 0 Å². The van der Waals surface area contributed by atoms with Crippen molar-refractivity contribution in [3.05, 3.63) is 94.0 Å². The van der Waals surface area contributed by atoms with Crippen LogP contribution in [0.25, 0.3) is 0 Å². The van der Waals surface area contributed by atoms with Crippen molar-refractivity contribution in [2.45, 2.75) is 36.7 Å². The summed E-state index contributed by atoms with van der Waals surface area (Å²) in [4.78, 5) is 12.6. The second-order valence-electron chi connectivity index (χ2n) is 7.93. The molecular formula is C24H25Cl2N3O3S. The van der Waals surface area contributed by atoms with Crippen LogP contribution in [-0.4, -0.2) is 14.4 Å². The van der Waals surface area contributed by atoms with Gasteiger partial charge < -0.3 is 28.4 Å². The molecule has 0 bridgehead atoms. The highest BCUT2D eigenvalue weighted by atomic mass is 35.5. The van der Waals surface area contributed by atoms with Gasteiger partial charge in [-0.05, 0) is 54.4 Å². The number of carbonyl (C=O) groups is 1. The minimum absolute atomic E-state index is 0. The maximum Gasteiger partial charge on any atom is 0.319 e. The van der Waals surface area contributed by atoms with E-state index in [1.807, 2.05) is 43.3 Å².